The molecule has 0 aromatic heterocycles. The molecule has 3 heteroatoms. The van der Waals surface area contributed by atoms with Gasteiger partial charge >= 0.3 is 0 Å². The van der Waals surface area contributed by atoms with Crippen LogP contribution in [-0.2, 0) is 9.59 Å². The van der Waals surface area contributed by atoms with Crippen molar-refractivity contribution in [3.05, 3.63) is 0 Å². The van der Waals surface area contributed by atoms with Gasteiger partial charge in [-0.05, 0) is 26.2 Å². The zero-order valence-electron chi connectivity index (χ0n) is 13.3. The van der Waals surface area contributed by atoms with E-state index in [9.17, 15) is 9.59 Å². The van der Waals surface area contributed by atoms with Crippen LogP contribution in [0.4, 0.5) is 0 Å². The maximum Gasteiger partial charge on any atom is 0.222 e. The molecule has 1 rings (SSSR count). The second-order valence-electron chi connectivity index (χ2n) is 6.16. The van der Waals surface area contributed by atoms with Crippen molar-refractivity contribution in [2.45, 2.75) is 90.5 Å². The van der Waals surface area contributed by atoms with Crippen molar-refractivity contribution in [2.75, 3.05) is 6.54 Å². The standard InChI is InChI=1S/C17H31NO2/c1-3-4-5-6-7-8-9-12-17(20)18-13-10-11-16(18)14-15(2)19/h16H,3-14H2,1-2H3. The lowest BCUT2D eigenvalue weighted by molar-refractivity contribution is -0.132. The summed E-state index contributed by atoms with van der Waals surface area (Å²) in [5.74, 6) is 0.466. The van der Waals surface area contributed by atoms with Crippen molar-refractivity contribution in [3.63, 3.8) is 0 Å². The predicted molar refractivity (Wildman–Crippen MR) is 82.6 cm³/mol. The number of amides is 1. The Balaban J connectivity index is 2.13. The third kappa shape index (κ3) is 6.53. The van der Waals surface area contributed by atoms with E-state index in [2.05, 4.69) is 6.92 Å². The summed E-state index contributed by atoms with van der Waals surface area (Å²) in [6, 6.07) is 0.185. The molecule has 0 aromatic carbocycles. The number of carbonyl (C=O) groups is 2. The molecule has 116 valence electrons. The minimum atomic E-state index is 0.185. The molecule has 1 unspecified atom stereocenters. The summed E-state index contributed by atoms with van der Waals surface area (Å²) in [4.78, 5) is 25.4. The molecule has 1 fully saturated rings. The molecular formula is C17H31NO2. The van der Waals surface area contributed by atoms with E-state index in [4.69, 9.17) is 0 Å². The van der Waals surface area contributed by atoms with Gasteiger partial charge in [-0.3, -0.25) is 9.59 Å². The van der Waals surface area contributed by atoms with Gasteiger partial charge < -0.3 is 4.90 Å². The predicted octanol–water partition coefficient (Wildman–Crippen LogP) is 4.10. The zero-order chi connectivity index (χ0) is 14.8. The molecule has 0 bridgehead atoms. The van der Waals surface area contributed by atoms with Crippen molar-refractivity contribution in [1.29, 1.82) is 0 Å². The third-order valence-electron chi connectivity index (χ3n) is 4.21. The van der Waals surface area contributed by atoms with Crippen LogP contribution in [0, 0.1) is 0 Å². The number of hydrogen-bond acceptors (Lipinski definition) is 2. The molecule has 1 aliphatic rings. The molecule has 0 aromatic rings. The Labute approximate surface area is 124 Å². The van der Waals surface area contributed by atoms with E-state index in [1.165, 1.54) is 38.5 Å². The van der Waals surface area contributed by atoms with Gasteiger partial charge in [0.2, 0.25) is 5.91 Å². The van der Waals surface area contributed by atoms with E-state index in [0.717, 1.165) is 25.8 Å². The number of nitrogens with zero attached hydrogens (tertiary/aromatic N) is 1. The second kappa shape index (κ2) is 9.95. The molecule has 20 heavy (non-hydrogen) atoms. The first-order valence-corrected chi connectivity index (χ1v) is 8.44. The fraction of sp³-hybridized carbons (Fsp3) is 0.882. The summed E-state index contributed by atoms with van der Waals surface area (Å²) < 4.78 is 0. The van der Waals surface area contributed by atoms with Gasteiger partial charge in [0.1, 0.15) is 5.78 Å². The van der Waals surface area contributed by atoms with Gasteiger partial charge in [0.05, 0.1) is 0 Å². The topological polar surface area (TPSA) is 37.4 Å². The summed E-state index contributed by atoms with van der Waals surface area (Å²) in [5, 5.41) is 0. The molecule has 1 saturated heterocycles. The Morgan fingerprint density at radius 2 is 1.70 bits per heavy atom. The Hall–Kier alpha value is -0.860. The third-order valence-corrected chi connectivity index (χ3v) is 4.21. The van der Waals surface area contributed by atoms with Gasteiger partial charge in [0, 0.05) is 25.4 Å². The maximum absolute atomic E-state index is 12.2. The van der Waals surface area contributed by atoms with Gasteiger partial charge in [-0.2, -0.15) is 0 Å². The first-order chi connectivity index (χ1) is 9.65. The van der Waals surface area contributed by atoms with Crippen LogP contribution in [0.2, 0.25) is 0 Å². The van der Waals surface area contributed by atoms with E-state index in [0.29, 0.717) is 12.8 Å². The van der Waals surface area contributed by atoms with Gasteiger partial charge in [-0.15, -0.1) is 0 Å². The number of likely N-dealkylation sites (tertiary alicyclic amines) is 1. The van der Waals surface area contributed by atoms with E-state index < -0.39 is 0 Å². The highest BCUT2D eigenvalue weighted by Gasteiger charge is 2.28. The lowest BCUT2D eigenvalue weighted by Gasteiger charge is -2.24. The normalized spacial score (nSPS) is 18.5. The Morgan fingerprint density at radius 1 is 1.05 bits per heavy atom. The number of ketones is 1. The van der Waals surface area contributed by atoms with Crippen molar-refractivity contribution in [1.82, 2.24) is 4.90 Å². The largest absolute Gasteiger partial charge is 0.339 e. The average molecular weight is 281 g/mol. The quantitative estimate of drug-likeness (QED) is 0.565. The molecule has 0 saturated carbocycles. The van der Waals surface area contributed by atoms with E-state index >= 15 is 0 Å². The van der Waals surface area contributed by atoms with Crippen LogP contribution >= 0.6 is 0 Å². The van der Waals surface area contributed by atoms with Crippen LogP contribution < -0.4 is 0 Å². The first-order valence-electron chi connectivity index (χ1n) is 8.44. The van der Waals surface area contributed by atoms with E-state index in [1.807, 2.05) is 4.90 Å². The van der Waals surface area contributed by atoms with Gasteiger partial charge in [0.15, 0.2) is 0 Å². The van der Waals surface area contributed by atoms with E-state index in [-0.39, 0.29) is 17.7 Å². The maximum atomic E-state index is 12.2. The Morgan fingerprint density at radius 3 is 2.35 bits per heavy atom. The Bertz CT molecular complexity index is 301. The molecule has 0 N–H and O–H groups in total. The molecular weight excluding hydrogens is 250 g/mol. The van der Waals surface area contributed by atoms with Crippen LogP contribution in [0.1, 0.15) is 84.5 Å². The summed E-state index contributed by atoms with van der Waals surface area (Å²) in [7, 11) is 0. The molecule has 1 atom stereocenters. The van der Waals surface area contributed by atoms with Crippen molar-refractivity contribution < 1.29 is 9.59 Å². The lowest BCUT2D eigenvalue weighted by atomic mass is 10.1. The molecule has 0 aliphatic carbocycles. The number of Topliss-reactive ketones (excluding diaryl/α,β-unsaturated/α-hetero) is 1. The molecule has 1 aliphatic heterocycles. The van der Waals surface area contributed by atoms with Crippen LogP contribution in [-0.4, -0.2) is 29.2 Å². The number of unbranched alkanes of at least 4 members (excludes halogenated alkanes) is 6. The van der Waals surface area contributed by atoms with Gasteiger partial charge in [-0.25, -0.2) is 0 Å². The van der Waals surface area contributed by atoms with Gasteiger partial charge in [0.25, 0.3) is 0 Å². The number of rotatable bonds is 10. The van der Waals surface area contributed by atoms with Crippen LogP contribution in [0.5, 0.6) is 0 Å². The highest BCUT2D eigenvalue weighted by molar-refractivity contribution is 5.80. The molecule has 1 heterocycles. The fourth-order valence-electron chi connectivity index (χ4n) is 3.09. The molecule has 1 amide bonds. The first kappa shape index (κ1) is 17.2. The highest BCUT2D eigenvalue weighted by Crippen LogP contribution is 2.22. The average Bonchev–Trinajstić information content (AvgIpc) is 2.84. The Kier molecular flexibility index (Phi) is 8.56. The zero-order valence-corrected chi connectivity index (χ0v) is 13.3. The minimum Gasteiger partial charge on any atom is -0.339 e. The fourth-order valence-corrected chi connectivity index (χ4v) is 3.09. The van der Waals surface area contributed by atoms with Crippen molar-refractivity contribution in [3.8, 4) is 0 Å². The van der Waals surface area contributed by atoms with Crippen LogP contribution in [0.15, 0.2) is 0 Å². The van der Waals surface area contributed by atoms with Crippen molar-refractivity contribution >= 4 is 11.7 Å². The lowest BCUT2D eigenvalue weighted by Crippen LogP contribution is -2.36. The molecule has 0 spiro atoms. The summed E-state index contributed by atoms with van der Waals surface area (Å²) in [5.41, 5.74) is 0. The monoisotopic (exact) mass is 281 g/mol. The number of hydrogen-bond donors (Lipinski definition) is 0. The summed E-state index contributed by atoms with van der Waals surface area (Å²) in [6.45, 7) is 4.71. The summed E-state index contributed by atoms with van der Waals surface area (Å²) in [6.07, 6.45) is 12.0. The van der Waals surface area contributed by atoms with Crippen LogP contribution in [0.25, 0.3) is 0 Å². The molecule has 3 nitrogen and oxygen atoms in total. The SMILES string of the molecule is CCCCCCCCCC(=O)N1CCCC1CC(C)=O. The van der Waals surface area contributed by atoms with Crippen molar-refractivity contribution in [2.24, 2.45) is 0 Å². The van der Waals surface area contributed by atoms with E-state index in [1.54, 1.807) is 6.92 Å². The number of carbonyl (C=O) groups excluding carboxylic acids is 2. The highest BCUT2D eigenvalue weighted by atomic mass is 16.2. The second-order valence-corrected chi connectivity index (χ2v) is 6.16. The minimum absolute atomic E-state index is 0.185. The smallest absolute Gasteiger partial charge is 0.222 e. The summed E-state index contributed by atoms with van der Waals surface area (Å²) >= 11 is 0. The van der Waals surface area contributed by atoms with Crippen LogP contribution in [0.3, 0.4) is 0 Å². The van der Waals surface area contributed by atoms with Gasteiger partial charge in [-0.1, -0.05) is 45.4 Å². The molecule has 0 radical (unpaired) electrons.